The van der Waals surface area contributed by atoms with Crippen molar-refractivity contribution >= 4 is 11.2 Å². The minimum Gasteiger partial charge on any atom is -0.493 e. The topological polar surface area (TPSA) is 52.4 Å². The lowest BCUT2D eigenvalue weighted by molar-refractivity contribution is 0.179. The first-order valence-corrected chi connectivity index (χ1v) is 11.6. The van der Waals surface area contributed by atoms with E-state index in [2.05, 4.69) is 26.6 Å². The van der Waals surface area contributed by atoms with Gasteiger partial charge in [-0.05, 0) is 60.4 Å². The first-order chi connectivity index (χ1) is 16.6. The van der Waals surface area contributed by atoms with E-state index in [0.29, 0.717) is 12.5 Å². The van der Waals surface area contributed by atoms with E-state index in [1.165, 1.54) is 17.7 Å². The maximum Gasteiger partial charge on any atom is 0.161 e. The average molecular weight is 461 g/mol. The first-order valence-electron chi connectivity index (χ1n) is 11.6. The Hall–Kier alpha value is -3.45. The number of pyridine rings is 1. The van der Waals surface area contributed by atoms with E-state index < -0.39 is 0 Å². The Morgan fingerprint density at radius 2 is 1.68 bits per heavy atom. The van der Waals surface area contributed by atoms with Crippen molar-refractivity contribution in [2.24, 2.45) is 0 Å². The van der Waals surface area contributed by atoms with Crippen LogP contribution in [0, 0.1) is 5.82 Å². The summed E-state index contributed by atoms with van der Waals surface area (Å²) in [7, 11) is 3.32. The Morgan fingerprint density at radius 1 is 0.941 bits per heavy atom. The third-order valence-electron chi connectivity index (χ3n) is 6.57. The first kappa shape index (κ1) is 22.3. The molecular weight excluding hydrogens is 431 g/mol. The molecule has 1 aliphatic rings. The second-order valence-electron chi connectivity index (χ2n) is 8.74. The van der Waals surface area contributed by atoms with Gasteiger partial charge in [-0.25, -0.2) is 14.4 Å². The van der Waals surface area contributed by atoms with Crippen LogP contribution in [0.3, 0.4) is 0 Å². The predicted octanol–water partition coefficient (Wildman–Crippen LogP) is 5.02. The Labute approximate surface area is 199 Å². The summed E-state index contributed by atoms with van der Waals surface area (Å²) < 4.78 is 26.5. The van der Waals surface area contributed by atoms with Gasteiger partial charge in [-0.15, -0.1) is 0 Å². The van der Waals surface area contributed by atoms with Crippen LogP contribution in [0.25, 0.3) is 11.2 Å². The van der Waals surface area contributed by atoms with Crippen molar-refractivity contribution in [3.8, 4) is 11.5 Å². The third kappa shape index (κ3) is 4.61. The number of hydrogen-bond donors (Lipinski definition) is 0. The van der Waals surface area contributed by atoms with Gasteiger partial charge >= 0.3 is 0 Å². The van der Waals surface area contributed by atoms with Crippen LogP contribution in [0.4, 0.5) is 4.39 Å². The smallest absolute Gasteiger partial charge is 0.161 e. The number of piperidine rings is 1. The minimum atomic E-state index is -0.222. The quantitative estimate of drug-likeness (QED) is 0.388. The molecule has 0 saturated carbocycles. The number of hydrogen-bond acceptors (Lipinski definition) is 5. The van der Waals surface area contributed by atoms with Gasteiger partial charge in [0, 0.05) is 38.3 Å². The number of halogens is 1. The number of ether oxygens (including phenoxy) is 2. The molecule has 0 amide bonds. The summed E-state index contributed by atoms with van der Waals surface area (Å²) in [5.74, 6) is 2.27. The number of nitrogens with zero attached hydrogens (tertiary/aromatic N) is 4. The second kappa shape index (κ2) is 9.81. The van der Waals surface area contributed by atoms with E-state index in [0.717, 1.165) is 66.5 Å². The van der Waals surface area contributed by atoms with Gasteiger partial charge in [-0.3, -0.25) is 4.90 Å². The molecule has 6 nitrogen and oxygen atoms in total. The van der Waals surface area contributed by atoms with Crippen molar-refractivity contribution in [3.05, 3.63) is 83.6 Å². The van der Waals surface area contributed by atoms with Crippen LogP contribution in [-0.2, 0) is 13.0 Å². The van der Waals surface area contributed by atoms with E-state index in [9.17, 15) is 4.39 Å². The Bertz CT molecular complexity index is 1260. The van der Waals surface area contributed by atoms with Crippen LogP contribution in [0.15, 0.2) is 60.8 Å². The van der Waals surface area contributed by atoms with Gasteiger partial charge in [-0.1, -0.05) is 18.2 Å². The molecule has 2 aromatic carbocycles. The van der Waals surface area contributed by atoms with Crippen molar-refractivity contribution in [2.45, 2.75) is 31.8 Å². The van der Waals surface area contributed by atoms with Gasteiger partial charge < -0.3 is 14.0 Å². The van der Waals surface area contributed by atoms with Crippen LogP contribution in [0.1, 0.15) is 35.8 Å². The summed E-state index contributed by atoms with van der Waals surface area (Å²) >= 11 is 0. The number of likely N-dealkylation sites (tertiary alicyclic amines) is 1. The van der Waals surface area contributed by atoms with Crippen molar-refractivity contribution < 1.29 is 13.9 Å². The molecule has 0 aliphatic carbocycles. The molecule has 0 unspecified atom stereocenters. The van der Waals surface area contributed by atoms with E-state index in [-0.39, 0.29) is 5.82 Å². The summed E-state index contributed by atoms with van der Waals surface area (Å²) in [6, 6.07) is 17.1. The summed E-state index contributed by atoms with van der Waals surface area (Å²) in [6.07, 6.45) is 4.52. The lowest BCUT2D eigenvalue weighted by Crippen LogP contribution is -2.34. The van der Waals surface area contributed by atoms with Crippen LogP contribution < -0.4 is 9.47 Å². The number of aromatic nitrogens is 3. The van der Waals surface area contributed by atoms with Crippen LogP contribution in [0.2, 0.25) is 0 Å². The van der Waals surface area contributed by atoms with Crippen LogP contribution >= 0.6 is 0 Å². The van der Waals surface area contributed by atoms with Crippen molar-refractivity contribution in [1.29, 1.82) is 0 Å². The highest BCUT2D eigenvalue weighted by Gasteiger charge is 2.25. The number of benzene rings is 2. The molecule has 176 valence electrons. The fourth-order valence-electron chi connectivity index (χ4n) is 4.84. The number of rotatable bonds is 7. The molecule has 0 radical (unpaired) electrons. The molecule has 2 aromatic heterocycles. The molecular formula is C27H29FN4O2. The Kier molecular flexibility index (Phi) is 6.45. The summed E-state index contributed by atoms with van der Waals surface area (Å²) in [5, 5.41) is 0. The van der Waals surface area contributed by atoms with E-state index in [1.807, 2.05) is 36.5 Å². The van der Waals surface area contributed by atoms with Crippen molar-refractivity contribution in [2.75, 3.05) is 27.3 Å². The predicted molar refractivity (Wildman–Crippen MR) is 130 cm³/mol. The largest absolute Gasteiger partial charge is 0.493 e. The zero-order valence-corrected chi connectivity index (χ0v) is 19.6. The lowest BCUT2D eigenvalue weighted by atomic mass is 10.0. The molecule has 7 heteroatoms. The van der Waals surface area contributed by atoms with E-state index in [4.69, 9.17) is 14.5 Å². The molecule has 1 aliphatic heterocycles. The molecule has 34 heavy (non-hydrogen) atoms. The molecule has 1 saturated heterocycles. The normalized spacial score (nSPS) is 15.0. The zero-order valence-electron chi connectivity index (χ0n) is 19.6. The fraction of sp³-hybridized carbons (Fsp3) is 0.333. The summed E-state index contributed by atoms with van der Waals surface area (Å²) in [5.41, 5.74) is 4.09. The highest BCUT2D eigenvalue weighted by molar-refractivity contribution is 5.71. The second-order valence-corrected chi connectivity index (χ2v) is 8.74. The molecule has 1 fully saturated rings. The summed E-state index contributed by atoms with van der Waals surface area (Å²) in [6.45, 7) is 2.85. The number of fused-ring (bicyclic) bond motifs is 1. The van der Waals surface area contributed by atoms with Gasteiger partial charge in [0.05, 0.1) is 14.2 Å². The van der Waals surface area contributed by atoms with Crippen LogP contribution in [-0.4, -0.2) is 46.7 Å². The highest BCUT2D eigenvalue weighted by atomic mass is 19.1. The van der Waals surface area contributed by atoms with E-state index >= 15 is 0 Å². The SMILES string of the molecule is COc1ccc(CN2CCC(n3c(Cc4ccc(F)cc4)nc4cccnc43)CC2)cc1OC. The molecule has 0 bridgehead atoms. The number of methoxy groups -OCH3 is 2. The zero-order chi connectivity index (χ0) is 23.5. The summed E-state index contributed by atoms with van der Waals surface area (Å²) in [4.78, 5) is 12.0. The van der Waals surface area contributed by atoms with Gasteiger partial charge in [0.25, 0.3) is 0 Å². The van der Waals surface area contributed by atoms with Crippen molar-refractivity contribution in [1.82, 2.24) is 19.4 Å². The van der Waals surface area contributed by atoms with Crippen LogP contribution in [0.5, 0.6) is 11.5 Å². The minimum absolute atomic E-state index is 0.222. The molecule has 4 aromatic rings. The van der Waals surface area contributed by atoms with Gasteiger partial charge in [0.15, 0.2) is 17.1 Å². The van der Waals surface area contributed by atoms with Gasteiger partial charge in [0.2, 0.25) is 0 Å². The average Bonchev–Trinajstić information content (AvgIpc) is 3.23. The highest BCUT2D eigenvalue weighted by Crippen LogP contribution is 2.31. The Morgan fingerprint density at radius 3 is 2.41 bits per heavy atom. The standard InChI is InChI=1S/C27H29FN4O2/c1-33-24-10-7-20(16-25(24)34-2)18-31-14-11-22(12-15-31)32-26(17-19-5-8-21(28)9-6-19)30-23-4-3-13-29-27(23)32/h3-10,13,16,22H,11-12,14-15,17-18H2,1-2H3. The molecule has 0 atom stereocenters. The molecule has 5 rings (SSSR count). The molecule has 0 N–H and O–H groups in total. The van der Waals surface area contributed by atoms with E-state index in [1.54, 1.807) is 14.2 Å². The Balaban J connectivity index is 1.33. The molecule has 0 spiro atoms. The molecule has 3 heterocycles. The monoisotopic (exact) mass is 460 g/mol. The lowest BCUT2D eigenvalue weighted by Gasteiger charge is -2.33. The van der Waals surface area contributed by atoms with Crippen molar-refractivity contribution in [3.63, 3.8) is 0 Å². The number of imidazole rings is 1. The third-order valence-corrected chi connectivity index (χ3v) is 6.57. The fourth-order valence-corrected chi connectivity index (χ4v) is 4.84. The van der Waals surface area contributed by atoms with Gasteiger partial charge in [0.1, 0.15) is 17.2 Å². The van der Waals surface area contributed by atoms with Gasteiger partial charge in [-0.2, -0.15) is 0 Å². The maximum atomic E-state index is 13.4. The maximum absolute atomic E-state index is 13.4.